The molecule has 0 bridgehead atoms. The topological polar surface area (TPSA) is 24.9 Å². The van der Waals surface area contributed by atoms with Crippen molar-refractivity contribution in [1.82, 2.24) is 10.3 Å². The molecule has 0 atom stereocenters. The number of nitrogens with zero attached hydrogens (tertiary/aromatic N) is 1. The van der Waals surface area contributed by atoms with Gasteiger partial charge in [-0.1, -0.05) is 52.3 Å². The van der Waals surface area contributed by atoms with Crippen LogP contribution in [0.2, 0.25) is 0 Å². The fourth-order valence-electron chi connectivity index (χ4n) is 2.52. The molecule has 1 heterocycles. The van der Waals surface area contributed by atoms with Crippen LogP contribution in [0.1, 0.15) is 57.4 Å². The van der Waals surface area contributed by atoms with E-state index in [1.807, 2.05) is 0 Å². The van der Waals surface area contributed by atoms with Gasteiger partial charge in [-0.05, 0) is 37.1 Å². The van der Waals surface area contributed by atoms with Gasteiger partial charge in [0, 0.05) is 23.0 Å². The Kier molecular flexibility index (Phi) is 5.00. The Morgan fingerprint density at radius 1 is 1.19 bits per heavy atom. The number of pyridine rings is 1. The lowest BCUT2D eigenvalue weighted by molar-refractivity contribution is 0.568. The summed E-state index contributed by atoms with van der Waals surface area (Å²) in [4.78, 5) is 4.92. The number of fused-ring (bicyclic) bond motifs is 1. The third kappa shape index (κ3) is 3.82. The second kappa shape index (κ2) is 6.57. The molecule has 0 unspecified atom stereocenters. The van der Waals surface area contributed by atoms with Crippen LogP contribution in [0.15, 0.2) is 24.3 Å². The van der Waals surface area contributed by atoms with Crippen LogP contribution < -0.4 is 5.32 Å². The quantitative estimate of drug-likeness (QED) is 0.803. The van der Waals surface area contributed by atoms with E-state index in [2.05, 4.69) is 64.2 Å². The molecule has 114 valence electrons. The summed E-state index contributed by atoms with van der Waals surface area (Å²) in [5.74, 6) is 0. The van der Waals surface area contributed by atoms with E-state index in [-0.39, 0.29) is 5.41 Å². The maximum Gasteiger partial charge on any atom is 0.0737 e. The Bertz CT molecular complexity index is 609. The van der Waals surface area contributed by atoms with E-state index >= 15 is 0 Å². The second-order valence-corrected chi connectivity index (χ2v) is 6.92. The van der Waals surface area contributed by atoms with Gasteiger partial charge in [-0.15, -0.1) is 0 Å². The Morgan fingerprint density at radius 3 is 2.62 bits per heavy atom. The van der Waals surface area contributed by atoms with E-state index in [0.717, 1.165) is 18.6 Å². The molecule has 0 saturated carbocycles. The van der Waals surface area contributed by atoms with Gasteiger partial charge in [0.2, 0.25) is 0 Å². The van der Waals surface area contributed by atoms with Gasteiger partial charge in [-0.2, -0.15) is 0 Å². The molecule has 1 N–H and O–H groups in total. The molecule has 2 aromatic rings. The molecule has 0 fully saturated rings. The van der Waals surface area contributed by atoms with Crippen molar-refractivity contribution in [2.45, 2.75) is 59.4 Å². The van der Waals surface area contributed by atoms with E-state index in [1.54, 1.807) is 0 Å². The summed E-state index contributed by atoms with van der Waals surface area (Å²) in [6.45, 7) is 13.1. The molecular formula is C19H28N2. The largest absolute Gasteiger partial charge is 0.313 e. The summed E-state index contributed by atoms with van der Waals surface area (Å²) in [5, 5.41) is 4.85. The number of aryl methyl sites for hydroxylation is 1. The van der Waals surface area contributed by atoms with Crippen LogP contribution in [0.4, 0.5) is 0 Å². The summed E-state index contributed by atoms with van der Waals surface area (Å²) in [6.07, 6.45) is 2.46. The van der Waals surface area contributed by atoms with Crippen LogP contribution in [0.3, 0.4) is 0 Å². The van der Waals surface area contributed by atoms with Crippen molar-refractivity contribution in [2.75, 3.05) is 6.54 Å². The first-order chi connectivity index (χ1) is 9.93. The van der Waals surface area contributed by atoms with Crippen LogP contribution >= 0.6 is 0 Å². The highest BCUT2D eigenvalue weighted by Gasteiger charge is 2.18. The summed E-state index contributed by atoms with van der Waals surface area (Å²) in [7, 11) is 0. The highest BCUT2D eigenvalue weighted by Crippen LogP contribution is 2.27. The fourth-order valence-corrected chi connectivity index (χ4v) is 2.52. The second-order valence-electron chi connectivity index (χ2n) is 6.92. The van der Waals surface area contributed by atoms with E-state index in [9.17, 15) is 0 Å². The zero-order chi connectivity index (χ0) is 15.5. The maximum absolute atomic E-state index is 4.92. The lowest BCUT2D eigenvalue weighted by atomic mass is 9.89. The number of rotatable bonds is 5. The molecule has 2 nitrogen and oxygen atoms in total. The molecule has 0 amide bonds. The average Bonchev–Trinajstić information content (AvgIpc) is 2.43. The first-order valence-corrected chi connectivity index (χ1v) is 8.04. The summed E-state index contributed by atoms with van der Waals surface area (Å²) >= 11 is 0. The third-order valence-corrected chi connectivity index (χ3v) is 3.92. The minimum atomic E-state index is 0.0780. The lowest BCUT2D eigenvalue weighted by Crippen LogP contribution is -2.18. The van der Waals surface area contributed by atoms with Gasteiger partial charge in [0.15, 0.2) is 0 Å². The first kappa shape index (κ1) is 16.0. The van der Waals surface area contributed by atoms with Crippen LogP contribution in [0.25, 0.3) is 10.9 Å². The highest BCUT2D eigenvalue weighted by atomic mass is 14.8. The smallest absolute Gasteiger partial charge is 0.0737 e. The van der Waals surface area contributed by atoms with Crippen molar-refractivity contribution < 1.29 is 0 Å². The third-order valence-electron chi connectivity index (χ3n) is 3.92. The van der Waals surface area contributed by atoms with E-state index < -0.39 is 0 Å². The Labute approximate surface area is 129 Å². The number of hydrogen-bond acceptors (Lipinski definition) is 2. The van der Waals surface area contributed by atoms with Gasteiger partial charge in [-0.25, -0.2) is 0 Å². The minimum absolute atomic E-state index is 0.0780. The molecule has 2 rings (SSSR count). The first-order valence-electron chi connectivity index (χ1n) is 8.04. The minimum Gasteiger partial charge on any atom is -0.313 e. The molecular weight excluding hydrogens is 256 g/mol. The Morgan fingerprint density at radius 2 is 1.95 bits per heavy atom. The Hall–Kier alpha value is -1.41. The van der Waals surface area contributed by atoms with Crippen LogP contribution in [-0.4, -0.2) is 11.5 Å². The van der Waals surface area contributed by atoms with Crippen molar-refractivity contribution >= 4 is 10.9 Å². The highest BCUT2D eigenvalue weighted by molar-refractivity contribution is 5.85. The van der Waals surface area contributed by atoms with Gasteiger partial charge < -0.3 is 5.32 Å². The molecule has 0 aliphatic rings. The summed E-state index contributed by atoms with van der Waals surface area (Å²) < 4.78 is 0. The van der Waals surface area contributed by atoms with E-state index in [0.29, 0.717) is 0 Å². The van der Waals surface area contributed by atoms with Crippen LogP contribution in [-0.2, 0) is 12.0 Å². The van der Waals surface area contributed by atoms with Gasteiger partial charge in [0.05, 0.1) is 5.52 Å². The lowest BCUT2D eigenvalue weighted by Gasteiger charge is -2.21. The molecule has 21 heavy (non-hydrogen) atoms. The van der Waals surface area contributed by atoms with Crippen LogP contribution in [0.5, 0.6) is 0 Å². The number of unbranched alkanes of at least 4 members (excludes halogenated alkanes) is 1. The van der Waals surface area contributed by atoms with Crippen molar-refractivity contribution in [3.05, 3.63) is 41.1 Å². The Balaban J connectivity index is 2.43. The van der Waals surface area contributed by atoms with Gasteiger partial charge >= 0.3 is 0 Å². The molecule has 0 spiro atoms. The molecule has 1 aromatic heterocycles. The van der Waals surface area contributed by atoms with E-state index in [1.165, 1.54) is 35.0 Å². The number of nitrogens with one attached hydrogen (secondary N) is 1. The SMILES string of the molecule is CCCCNCc1cc(C(C)(C)C)nc2c(C)cccc12. The number of aromatic nitrogens is 1. The van der Waals surface area contributed by atoms with Crippen molar-refractivity contribution in [1.29, 1.82) is 0 Å². The van der Waals surface area contributed by atoms with Gasteiger partial charge in [0.25, 0.3) is 0 Å². The predicted molar refractivity (Wildman–Crippen MR) is 91.8 cm³/mol. The molecule has 0 radical (unpaired) electrons. The van der Waals surface area contributed by atoms with E-state index in [4.69, 9.17) is 4.98 Å². The fraction of sp³-hybridized carbons (Fsp3) is 0.526. The normalized spacial score (nSPS) is 12.0. The van der Waals surface area contributed by atoms with Gasteiger partial charge in [-0.3, -0.25) is 4.98 Å². The van der Waals surface area contributed by atoms with Crippen molar-refractivity contribution in [3.63, 3.8) is 0 Å². The number of para-hydroxylation sites is 1. The molecule has 1 aromatic carbocycles. The number of hydrogen-bond donors (Lipinski definition) is 1. The molecule has 0 saturated heterocycles. The summed E-state index contributed by atoms with van der Waals surface area (Å²) in [5.41, 5.74) is 5.03. The summed E-state index contributed by atoms with van der Waals surface area (Å²) in [6, 6.07) is 8.75. The number of benzene rings is 1. The predicted octanol–water partition coefficient (Wildman–Crippen LogP) is 4.73. The van der Waals surface area contributed by atoms with Crippen molar-refractivity contribution in [2.24, 2.45) is 0 Å². The monoisotopic (exact) mass is 284 g/mol. The van der Waals surface area contributed by atoms with Crippen LogP contribution in [0, 0.1) is 6.92 Å². The average molecular weight is 284 g/mol. The zero-order valence-electron chi connectivity index (χ0n) is 14.1. The van der Waals surface area contributed by atoms with Crippen molar-refractivity contribution in [3.8, 4) is 0 Å². The molecule has 0 aliphatic heterocycles. The maximum atomic E-state index is 4.92. The zero-order valence-corrected chi connectivity index (χ0v) is 14.1. The van der Waals surface area contributed by atoms with Gasteiger partial charge in [0.1, 0.15) is 0 Å². The molecule has 0 aliphatic carbocycles. The molecule has 2 heteroatoms. The standard InChI is InChI=1S/C19H28N2/c1-6-7-11-20-13-15-12-17(19(3,4)5)21-18-14(2)9-8-10-16(15)18/h8-10,12,20H,6-7,11,13H2,1-5H3.